The van der Waals surface area contributed by atoms with E-state index in [-0.39, 0.29) is 17.8 Å². The van der Waals surface area contributed by atoms with Crippen molar-refractivity contribution in [2.24, 2.45) is 29.1 Å². The SMILES string of the molecule is C[C@]12CCC3C4=C(CC(OC(=O)c5ccccc5)=C=C4)C[C@@H](CCCCCCCCCCC(=O)O)C3C1CCC2=O. The van der Waals surface area contributed by atoms with Gasteiger partial charge in [-0.05, 0) is 86.0 Å². The number of carbonyl (C=O) groups excluding carboxylic acids is 2. The van der Waals surface area contributed by atoms with E-state index >= 15 is 0 Å². The Balaban J connectivity index is 1.21. The summed E-state index contributed by atoms with van der Waals surface area (Å²) >= 11 is 0. The highest BCUT2D eigenvalue weighted by Gasteiger charge is 2.56. The summed E-state index contributed by atoms with van der Waals surface area (Å²) in [6.45, 7) is 2.25. The Morgan fingerprint density at radius 1 is 1.00 bits per heavy atom. The minimum atomic E-state index is -0.692. The molecule has 0 saturated heterocycles. The Kier molecular flexibility index (Phi) is 9.65. The molecule has 0 spiro atoms. The molecule has 0 bridgehead atoms. The molecular weight excluding hydrogens is 512 g/mol. The molecule has 0 heterocycles. The molecule has 5 nitrogen and oxygen atoms in total. The number of Topliss-reactive ketones (excluding diaryl/α,β-unsaturated/α-hetero) is 1. The number of hydrogen-bond donors (Lipinski definition) is 1. The first-order valence-electron chi connectivity index (χ1n) is 16.1. The lowest BCUT2D eigenvalue weighted by Gasteiger charge is -2.52. The van der Waals surface area contributed by atoms with Crippen molar-refractivity contribution in [2.45, 2.75) is 110 Å². The maximum atomic E-state index is 13.0. The Morgan fingerprint density at radius 3 is 2.44 bits per heavy atom. The van der Waals surface area contributed by atoms with Gasteiger partial charge in [-0.25, -0.2) is 4.79 Å². The van der Waals surface area contributed by atoms with E-state index in [1.165, 1.54) is 49.7 Å². The number of benzene rings is 1. The van der Waals surface area contributed by atoms with E-state index in [0.717, 1.165) is 51.4 Å². The fourth-order valence-electron chi connectivity index (χ4n) is 8.46. The van der Waals surface area contributed by atoms with E-state index < -0.39 is 5.97 Å². The summed E-state index contributed by atoms with van der Waals surface area (Å²) in [4.78, 5) is 36.4. The average Bonchev–Trinajstić information content (AvgIpc) is 3.27. The molecule has 0 amide bonds. The van der Waals surface area contributed by atoms with Gasteiger partial charge in [-0.3, -0.25) is 9.59 Å². The zero-order chi connectivity index (χ0) is 28.8. The van der Waals surface area contributed by atoms with Crippen LogP contribution in [0.1, 0.15) is 120 Å². The highest BCUT2D eigenvalue weighted by atomic mass is 16.5. The van der Waals surface area contributed by atoms with Gasteiger partial charge in [0, 0.05) is 24.7 Å². The third-order valence-corrected chi connectivity index (χ3v) is 10.6. The third kappa shape index (κ3) is 6.78. The Bertz CT molecular complexity index is 1220. The first kappa shape index (κ1) is 29.6. The summed E-state index contributed by atoms with van der Waals surface area (Å²) in [5.41, 5.74) is 6.56. The maximum Gasteiger partial charge on any atom is 0.343 e. The van der Waals surface area contributed by atoms with Crippen molar-refractivity contribution in [3.8, 4) is 0 Å². The molecule has 5 atom stereocenters. The second-order valence-electron chi connectivity index (χ2n) is 13.1. The molecule has 5 heteroatoms. The molecule has 41 heavy (non-hydrogen) atoms. The minimum absolute atomic E-state index is 0.150. The van der Waals surface area contributed by atoms with Crippen molar-refractivity contribution in [3.05, 3.63) is 64.6 Å². The van der Waals surface area contributed by atoms with Crippen LogP contribution in [0.3, 0.4) is 0 Å². The molecule has 1 aromatic carbocycles. The van der Waals surface area contributed by atoms with Crippen LogP contribution in [0.2, 0.25) is 0 Å². The van der Waals surface area contributed by atoms with Crippen LogP contribution >= 0.6 is 0 Å². The van der Waals surface area contributed by atoms with E-state index in [0.29, 0.717) is 47.2 Å². The van der Waals surface area contributed by atoms with Gasteiger partial charge in [0.05, 0.1) is 5.56 Å². The molecule has 1 N–H and O–H groups in total. The first-order chi connectivity index (χ1) is 19.9. The zero-order valence-corrected chi connectivity index (χ0v) is 24.7. The average molecular weight is 559 g/mol. The number of esters is 1. The number of ketones is 1. The normalized spacial score (nSPS) is 28.5. The number of carbonyl (C=O) groups is 3. The van der Waals surface area contributed by atoms with Crippen LogP contribution in [0.5, 0.6) is 0 Å². The fraction of sp³-hybridized carbons (Fsp3) is 0.611. The number of rotatable bonds is 13. The van der Waals surface area contributed by atoms with Gasteiger partial charge in [0.15, 0.2) is 5.76 Å². The van der Waals surface area contributed by atoms with E-state index in [9.17, 15) is 14.4 Å². The molecule has 5 rings (SSSR count). The van der Waals surface area contributed by atoms with Gasteiger partial charge >= 0.3 is 11.9 Å². The second kappa shape index (κ2) is 13.4. The predicted molar refractivity (Wildman–Crippen MR) is 159 cm³/mol. The van der Waals surface area contributed by atoms with Crippen LogP contribution in [0, 0.1) is 29.1 Å². The van der Waals surface area contributed by atoms with E-state index in [1.54, 1.807) is 12.1 Å². The number of ether oxygens (including phenoxy) is 1. The number of carboxylic acid groups (broad SMARTS) is 1. The van der Waals surface area contributed by atoms with Crippen molar-refractivity contribution < 1.29 is 24.2 Å². The molecule has 0 aliphatic heterocycles. The topological polar surface area (TPSA) is 80.7 Å². The smallest absolute Gasteiger partial charge is 0.343 e. The van der Waals surface area contributed by atoms with Crippen LogP contribution in [-0.2, 0) is 14.3 Å². The monoisotopic (exact) mass is 558 g/mol. The standard InChI is InChI=1S/C36H46O5/c1-36-22-21-30-29-18-17-28(41-35(40)25-13-10-8-11-14-25)24-27(29)23-26(34(30)31(36)19-20-32(36)37)15-9-6-4-2-3-5-7-12-16-33(38)39/h8,10-11,13-14,18,26,30-31,34H,2-7,9,12,15-16,19-24H2,1H3,(H,38,39)/t26-,30?,31?,34?,36+/m1/s1. The van der Waals surface area contributed by atoms with Gasteiger partial charge in [-0.2, -0.15) is 0 Å². The lowest BCUT2D eigenvalue weighted by atomic mass is 9.51. The molecule has 2 saturated carbocycles. The van der Waals surface area contributed by atoms with Crippen LogP contribution in [-0.4, -0.2) is 22.8 Å². The van der Waals surface area contributed by atoms with Crippen LogP contribution < -0.4 is 0 Å². The third-order valence-electron chi connectivity index (χ3n) is 10.6. The van der Waals surface area contributed by atoms with E-state index in [1.807, 2.05) is 18.2 Å². The Morgan fingerprint density at radius 2 is 1.71 bits per heavy atom. The largest absolute Gasteiger partial charge is 0.481 e. The molecule has 0 aromatic heterocycles. The summed E-state index contributed by atoms with van der Waals surface area (Å²) in [5, 5.41) is 8.78. The lowest BCUT2D eigenvalue weighted by molar-refractivity contribution is -0.137. The van der Waals surface area contributed by atoms with Gasteiger partial charge in [-0.15, -0.1) is 0 Å². The second-order valence-corrected chi connectivity index (χ2v) is 13.1. The van der Waals surface area contributed by atoms with Gasteiger partial charge < -0.3 is 9.84 Å². The zero-order valence-electron chi connectivity index (χ0n) is 24.7. The Labute approximate surface area is 245 Å². The number of hydrogen-bond acceptors (Lipinski definition) is 4. The number of fused-ring (bicyclic) bond motifs is 4. The van der Waals surface area contributed by atoms with Gasteiger partial charge in [0.25, 0.3) is 0 Å². The highest BCUT2D eigenvalue weighted by Crippen LogP contribution is 2.61. The highest BCUT2D eigenvalue weighted by molar-refractivity contribution is 5.90. The number of unbranched alkanes of at least 4 members (excludes halogenated alkanes) is 7. The Hall–Kier alpha value is -2.91. The number of aliphatic carboxylic acids is 1. The number of carboxylic acids is 1. The molecule has 1 aromatic rings. The molecule has 4 aliphatic rings. The summed E-state index contributed by atoms with van der Waals surface area (Å²) in [7, 11) is 0. The summed E-state index contributed by atoms with van der Waals surface area (Å²) in [5.74, 6) is 2.18. The van der Waals surface area contributed by atoms with Gasteiger partial charge in [-0.1, -0.05) is 81.4 Å². The summed E-state index contributed by atoms with van der Waals surface area (Å²) in [6, 6.07) is 9.15. The van der Waals surface area contributed by atoms with Crippen molar-refractivity contribution in [3.63, 3.8) is 0 Å². The molecule has 3 unspecified atom stereocenters. The molecule has 4 aliphatic carbocycles. The van der Waals surface area contributed by atoms with E-state index in [4.69, 9.17) is 9.84 Å². The molecule has 220 valence electrons. The van der Waals surface area contributed by atoms with Crippen molar-refractivity contribution >= 4 is 17.7 Å². The first-order valence-corrected chi connectivity index (χ1v) is 16.1. The maximum absolute atomic E-state index is 13.0. The van der Waals surface area contributed by atoms with Gasteiger partial charge in [0.1, 0.15) is 5.78 Å². The predicted octanol–water partition coefficient (Wildman–Crippen LogP) is 8.60. The van der Waals surface area contributed by atoms with Crippen LogP contribution in [0.15, 0.2) is 59.0 Å². The van der Waals surface area contributed by atoms with Crippen molar-refractivity contribution in [2.75, 3.05) is 0 Å². The fourth-order valence-corrected chi connectivity index (χ4v) is 8.46. The van der Waals surface area contributed by atoms with E-state index in [2.05, 4.69) is 18.7 Å². The van der Waals surface area contributed by atoms with Crippen LogP contribution in [0.25, 0.3) is 0 Å². The lowest BCUT2D eigenvalue weighted by Crippen LogP contribution is -2.47. The minimum Gasteiger partial charge on any atom is -0.481 e. The molecule has 0 radical (unpaired) electrons. The summed E-state index contributed by atoms with van der Waals surface area (Å²) < 4.78 is 5.80. The molecular formula is C36H46O5. The molecule has 2 fully saturated rings. The number of allylic oxidation sites excluding steroid dienone is 2. The van der Waals surface area contributed by atoms with Crippen LogP contribution in [0.4, 0.5) is 0 Å². The van der Waals surface area contributed by atoms with Crippen molar-refractivity contribution in [1.29, 1.82) is 0 Å². The van der Waals surface area contributed by atoms with Gasteiger partial charge in [0.2, 0.25) is 0 Å². The quantitative estimate of drug-likeness (QED) is 0.149. The summed E-state index contributed by atoms with van der Waals surface area (Å²) in [6.07, 6.45) is 18.1. The van der Waals surface area contributed by atoms with Crippen molar-refractivity contribution in [1.82, 2.24) is 0 Å².